The molecule has 7 rings (SSSR count). The second-order valence-corrected chi connectivity index (χ2v) is 25.0. The average Bonchev–Trinajstić information content (AvgIpc) is 1.78. The van der Waals surface area contributed by atoms with E-state index in [0.717, 1.165) is 44.2 Å². The van der Waals surface area contributed by atoms with Crippen LogP contribution in [-0.2, 0) is 83.2 Å². The number of halogens is 1. The summed E-state index contributed by atoms with van der Waals surface area (Å²) in [5.41, 5.74) is 8.30. The SMILES string of the molecule is CC(=O)NC1SCC(=O)NCCC(=O)NC(Cc2ccc(O)cc2)C(=O)NC(CO)C(=O)N(C)C(CCc2ccccc2)C(=O)N(C)C(CO)C(=O)NC(Cc2c[nH]c3ccc(O)cc23)C(=O)NCC(=O)NC(C2CC2)C(=O)N(C)C1C(=O)N(C)[C@@H](Cc1ccc(F)cc1)C(N)=O. The number of thioether (sulfide) groups is 1. The van der Waals surface area contributed by atoms with Gasteiger partial charge in [-0.2, -0.15) is 0 Å². The fraction of sp³-hybridized carbons (Fsp3) is 0.424. The number of hydrogen-bond acceptors (Lipinski definition) is 17. The molecule has 1 aromatic heterocycles. The number of aromatic hydroxyl groups is 2. The van der Waals surface area contributed by atoms with Gasteiger partial charge in [-0.25, -0.2) is 4.39 Å². The van der Waals surface area contributed by atoms with Gasteiger partial charge in [0.15, 0.2) is 0 Å². The Morgan fingerprint density at radius 1 is 0.680 bits per heavy atom. The van der Waals surface area contributed by atoms with Crippen molar-refractivity contribution in [1.82, 2.24) is 61.8 Å². The first-order valence-electron chi connectivity index (χ1n) is 31.2. The van der Waals surface area contributed by atoms with Gasteiger partial charge in [-0.15, -0.1) is 11.8 Å². The van der Waals surface area contributed by atoms with Crippen LogP contribution < -0.4 is 43.0 Å². The predicted molar refractivity (Wildman–Crippen MR) is 351 cm³/mol. The number of amides is 12. The normalized spacial score (nSPS) is 22.6. The summed E-state index contributed by atoms with van der Waals surface area (Å²) >= 11 is 0.671. The lowest BCUT2D eigenvalue weighted by Crippen LogP contribution is -2.63. The molecule has 12 amide bonds. The fourth-order valence-corrected chi connectivity index (χ4v) is 12.4. The summed E-state index contributed by atoms with van der Waals surface area (Å²) < 4.78 is 14.0. The van der Waals surface area contributed by atoms with Gasteiger partial charge >= 0.3 is 0 Å². The van der Waals surface area contributed by atoms with Crippen molar-refractivity contribution < 1.29 is 82.4 Å². The molecular formula is C66H82FN13O16S. The lowest BCUT2D eigenvalue weighted by atomic mass is 10.0. The van der Waals surface area contributed by atoms with Crippen LogP contribution in [0, 0.1) is 11.7 Å². The first-order valence-corrected chi connectivity index (χ1v) is 32.3. The molecule has 0 bridgehead atoms. The molecule has 2 heterocycles. The van der Waals surface area contributed by atoms with Gasteiger partial charge in [0.05, 0.1) is 25.5 Å². The lowest BCUT2D eigenvalue weighted by molar-refractivity contribution is -0.150. The van der Waals surface area contributed by atoms with Crippen molar-refractivity contribution in [3.8, 4) is 11.5 Å². The summed E-state index contributed by atoms with van der Waals surface area (Å²) in [4.78, 5) is 178. The maximum Gasteiger partial charge on any atom is 0.248 e. The fourth-order valence-electron chi connectivity index (χ4n) is 11.2. The molecule has 1 saturated heterocycles. The number of phenols is 2. The Morgan fingerprint density at radius 2 is 1.32 bits per heavy atom. The number of aliphatic hydroxyl groups is 2. The maximum atomic E-state index is 15.1. The van der Waals surface area contributed by atoms with Gasteiger partial charge in [0.25, 0.3) is 0 Å². The number of aryl methyl sites for hydroxylation is 1. The van der Waals surface area contributed by atoms with Crippen LogP contribution in [0.15, 0.2) is 103 Å². The number of carbonyl (C=O) groups is 12. The third-order valence-electron chi connectivity index (χ3n) is 16.9. The van der Waals surface area contributed by atoms with E-state index in [1.165, 1.54) is 82.9 Å². The molecule has 31 heteroatoms. The quantitative estimate of drug-likeness (QED) is 0.0526. The van der Waals surface area contributed by atoms with Crippen LogP contribution in [0.2, 0.25) is 0 Å². The second-order valence-electron chi connectivity index (χ2n) is 23.9. The van der Waals surface area contributed by atoms with Crippen LogP contribution in [0.3, 0.4) is 0 Å². The molecule has 8 unspecified atom stereocenters. The zero-order chi connectivity index (χ0) is 70.8. The van der Waals surface area contributed by atoms with Gasteiger partial charge in [0.1, 0.15) is 71.0 Å². The van der Waals surface area contributed by atoms with Crippen molar-refractivity contribution in [2.45, 2.75) is 112 Å². The van der Waals surface area contributed by atoms with Crippen LogP contribution in [0.4, 0.5) is 4.39 Å². The number of phenolic OH excluding ortho intramolecular Hbond substituents is 2. The molecule has 29 nitrogen and oxygen atoms in total. The van der Waals surface area contributed by atoms with E-state index in [-0.39, 0.29) is 50.1 Å². The highest BCUT2D eigenvalue weighted by Crippen LogP contribution is 2.34. The van der Waals surface area contributed by atoms with E-state index in [4.69, 9.17) is 5.73 Å². The molecule has 9 atom stereocenters. The number of likely N-dealkylation sites (N-methyl/N-ethyl adjacent to an activating group) is 4. The van der Waals surface area contributed by atoms with Crippen molar-refractivity contribution in [3.63, 3.8) is 0 Å². The predicted octanol–water partition coefficient (Wildman–Crippen LogP) is -1.66. The van der Waals surface area contributed by atoms with Crippen LogP contribution in [-0.4, -0.2) is 230 Å². The Labute approximate surface area is 562 Å². The van der Waals surface area contributed by atoms with Crippen molar-refractivity contribution in [3.05, 3.63) is 131 Å². The van der Waals surface area contributed by atoms with Crippen LogP contribution in [0.5, 0.6) is 11.5 Å². The molecular weight excluding hydrogens is 1280 g/mol. The standard InChI is InChI=1S/C66H82FN13O16S/c1-36(83)72-62-57(66(96)78(3)51(58(68)89)28-39-11-18-42(67)19-12-39)80(5)65(95)56(40-16-17-40)76-54(87)32-71-59(90)48(29-41-31-70-46-23-22-44(85)30-45(41)46)74-61(92)52(34-82)79(4)64(94)50(24-15-37-9-7-6-8-10-37)77(2)63(93)49(33-81)75-60(91)47(27-38-13-20-43(84)21-14-38)73-53(86)25-26-69-55(88)35-97-62/h6-14,18-23,30-31,40,47-52,56-57,62,70,81-82,84-85H,15-17,24-29,32-35H2,1-5H3,(H2,68,89)(H,69,88)(H,71,90)(H,72,83)(H,73,86)(H,74,92)(H,75,91)(H,76,87)/t47?,48?,49?,50?,51-,52?,56?,57?,62?/m0/s1. The summed E-state index contributed by atoms with van der Waals surface area (Å²) in [6.45, 7) is -2.20. The molecule has 1 aliphatic carbocycles. The molecule has 2 aliphatic rings. The van der Waals surface area contributed by atoms with E-state index in [0.29, 0.717) is 52.2 Å². The number of benzene rings is 4. The van der Waals surface area contributed by atoms with Gasteiger partial charge in [-0.05, 0) is 96.3 Å². The summed E-state index contributed by atoms with van der Waals surface area (Å²) in [6.07, 6.45) is 1.04. The highest BCUT2D eigenvalue weighted by atomic mass is 32.2. The Bertz CT molecular complexity index is 3670. The maximum absolute atomic E-state index is 15.1. The number of primary amides is 1. The molecule has 0 radical (unpaired) electrons. The number of nitrogens with zero attached hydrogens (tertiary/aromatic N) is 4. The third kappa shape index (κ3) is 20.4. The van der Waals surface area contributed by atoms with Gasteiger partial charge < -0.3 is 88.0 Å². The number of nitrogens with two attached hydrogens (primary N) is 1. The van der Waals surface area contributed by atoms with Crippen molar-refractivity contribution in [1.29, 1.82) is 0 Å². The number of fused-ring (bicyclic) bond motifs is 1. The number of hydrogen-bond donors (Lipinski definition) is 13. The summed E-state index contributed by atoms with van der Waals surface area (Å²) in [6, 6.07) is 11.0. The summed E-state index contributed by atoms with van der Waals surface area (Å²) in [7, 11) is 4.81. The number of H-pyrrole nitrogens is 1. The zero-order valence-corrected chi connectivity index (χ0v) is 54.9. The number of aromatic amines is 1. The minimum absolute atomic E-state index is 0.119. The van der Waals surface area contributed by atoms with E-state index < -0.39 is 168 Å². The van der Waals surface area contributed by atoms with E-state index in [1.807, 2.05) is 0 Å². The Hall–Kier alpha value is -10.1. The van der Waals surface area contributed by atoms with E-state index in [1.54, 1.807) is 36.4 Å². The topological polar surface area (TPSA) is 425 Å². The van der Waals surface area contributed by atoms with Crippen molar-refractivity contribution in [2.24, 2.45) is 11.7 Å². The first kappa shape index (κ1) is 74.3. The van der Waals surface area contributed by atoms with Crippen molar-refractivity contribution >= 4 is 93.6 Å². The van der Waals surface area contributed by atoms with Crippen molar-refractivity contribution in [2.75, 3.05) is 60.2 Å². The Balaban J connectivity index is 1.26. The molecule has 4 aromatic carbocycles. The molecule has 520 valence electrons. The van der Waals surface area contributed by atoms with Crippen LogP contribution >= 0.6 is 11.8 Å². The molecule has 0 spiro atoms. The van der Waals surface area contributed by atoms with Crippen LogP contribution in [0.1, 0.15) is 54.9 Å². The average molecular weight is 1360 g/mol. The number of carbonyl (C=O) groups excluding carboxylic acids is 12. The Kier molecular flexibility index (Phi) is 26.4. The third-order valence-corrected chi connectivity index (χ3v) is 18.0. The molecule has 5 aromatic rings. The van der Waals surface area contributed by atoms with Gasteiger partial charge in [-0.3, -0.25) is 57.5 Å². The second kappa shape index (κ2) is 34.5. The summed E-state index contributed by atoms with van der Waals surface area (Å²) in [5, 5.41) is 59.1. The van der Waals surface area contributed by atoms with Gasteiger partial charge in [0.2, 0.25) is 70.9 Å². The monoisotopic (exact) mass is 1360 g/mol. The first-order chi connectivity index (χ1) is 46.2. The minimum atomic E-state index is -1.80. The number of aliphatic hydroxyl groups excluding tert-OH is 2. The summed E-state index contributed by atoms with van der Waals surface area (Å²) in [5.74, 6) is -13.1. The molecule has 1 saturated carbocycles. The molecule has 97 heavy (non-hydrogen) atoms. The van der Waals surface area contributed by atoms with E-state index in [2.05, 4.69) is 42.2 Å². The van der Waals surface area contributed by atoms with E-state index >= 15 is 9.59 Å². The van der Waals surface area contributed by atoms with Crippen LogP contribution in [0.25, 0.3) is 10.9 Å². The number of rotatable bonds is 16. The largest absolute Gasteiger partial charge is 0.508 e. The van der Waals surface area contributed by atoms with Gasteiger partial charge in [-0.1, -0.05) is 54.6 Å². The Morgan fingerprint density at radius 3 is 1.96 bits per heavy atom. The molecule has 14 N–H and O–H groups in total. The van der Waals surface area contributed by atoms with Gasteiger partial charge in [0, 0.05) is 84.4 Å². The number of aromatic nitrogens is 1. The molecule has 2 fully saturated rings. The minimum Gasteiger partial charge on any atom is -0.508 e. The zero-order valence-electron chi connectivity index (χ0n) is 54.1. The smallest absolute Gasteiger partial charge is 0.248 e. The highest BCUT2D eigenvalue weighted by Gasteiger charge is 2.46. The van der Waals surface area contributed by atoms with E-state index in [9.17, 15) is 72.8 Å². The highest BCUT2D eigenvalue weighted by molar-refractivity contribution is 8.00. The molecule has 1 aliphatic heterocycles. The number of nitrogens with one attached hydrogen (secondary N) is 8. The lowest BCUT2D eigenvalue weighted by Gasteiger charge is -2.39.